The van der Waals surface area contributed by atoms with Gasteiger partial charge < -0.3 is 20.3 Å². The van der Waals surface area contributed by atoms with Gasteiger partial charge in [0.25, 0.3) is 5.91 Å². The zero-order valence-corrected chi connectivity index (χ0v) is 19.2. The van der Waals surface area contributed by atoms with E-state index < -0.39 is 0 Å². The van der Waals surface area contributed by atoms with E-state index in [0.29, 0.717) is 37.6 Å². The van der Waals surface area contributed by atoms with Gasteiger partial charge in [-0.15, -0.1) is 0 Å². The number of hydrogen-bond donors (Lipinski definition) is 2. The smallest absolute Gasteiger partial charge is 0.255 e. The number of methoxy groups -OCH3 is 1. The van der Waals surface area contributed by atoms with Gasteiger partial charge in [0, 0.05) is 57.6 Å². The molecule has 1 aliphatic rings. The molecule has 0 aromatic carbocycles. The molecule has 0 atom stereocenters. The molecule has 0 saturated carbocycles. The standard InChI is InChI=1S/C23H29N7O3/c1-4-30-22-18(14-27-30)21(28-17-7-9-29(10-8-17)15(2)31)19(13-25-22)23(32)26-12-16-5-6-20(33-3)24-11-16/h5-6,11,13-14,17H,4,7-10,12H2,1-3H3,(H,25,28)(H,26,32). The summed E-state index contributed by atoms with van der Waals surface area (Å²) in [6, 6.07) is 3.77. The number of aryl methyl sites for hydroxylation is 1. The van der Waals surface area contributed by atoms with E-state index in [1.807, 2.05) is 22.6 Å². The van der Waals surface area contributed by atoms with E-state index in [1.54, 1.807) is 38.7 Å². The lowest BCUT2D eigenvalue weighted by Crippen LogP contribution is -2.41. The third kappa shape index (κ3) is 4.89. The van der Waals surface area contributed by atoms with Crippen molar-refractivity contribution >= 4 is 28.5 Å². The maximum atomic E-state index is 13.1. The fourth-order valence-corrected chi connectivity index (χ4v) is 4.04. The SMILES string of the molecule is CCn1ncc2c(NC3CCN(C(C)=O)CC3)c(C(=O)NCc3ccc(OC)nc3)cnc21. The Bertz CT molecular complexity index is 1130. The van der Waals surface area contributed by atoms with Crippen LogP contribution in [0.15, 0.2) is 30.7 Å². The summed E-state index contributed by atoms with van der Waals surface area (Å²) in [6.45, 7) is 6.01. The van der Waals surface area contributed by atoms with Crippen LogP contribution >= 0.6 is 0 Å². The predicted octanol–water partition coefficient (Wildman–Crippen LogP) is 2.21. The number of carbonyl (C=O) groups excluding carboxylic acids is 2. The first-order chi connectivity index (χ1) is 16.0. The Morgan fingerprint density at radius 1 is 1.15 bits per heavy atom. The Morgan fingerprint density at radius 3 is 2.58 bits per heavy atom. The number of pyridine rings is 2. The van der Waals surface area contributed by atoms with Gasteiger partial charge in [-0.25, -0.2) is 14.6 Å². The minimum Gasteiger partial charge on any atom is -0.481 e. The first kappa shape index (κ1) is 22.5. The summed E-state index contributed by atoms with van der Waals surface area (Å²) in [5.74, 6) is 0.389. The van der Waals surface area contributed by atoms with Crippen LogP contribution in [0.2, 0.25) is 0 Å². The predicted molar refractivity (Wildman–Crippen MR) is 124 cm³/mol. The summed E-state index contributed by atoms with van der Waals surface area (Å²) in [5.41, 5.74) is 2.79. The van der Waals surface area contributed by atoms with Gasteiger partial charge >= 0.3 is 0 Å². The van der Waals surface area contributed by atoms with E-state index in [9.17, 15) is 9.59 Å². The third-order valence-electron chi connectivity index (χ3n) is 5.96. The van der Waals surface area contributed by atoms with Crippen molar-refractivity contribution in [3.8, 4) is 5.88 Å². The molecule has 10 nitrogen and oxygen atoms in total. The molecule has 33 heavy (non-hydrogen) atoms. The Labute approximate surface area is 192 Å². The highest BCUT2D eigenvalue weighted by Crippen LogP contribution is 2.28. The first-order valence-corrected chi connectivity index (χ1v) is 11.1. The second-order valence-electron chi connectivity index (χ2n) is 8.06. The summed E-state index contributed by atoms with van der Waals surface area (Å²) < 4.78 is 6.89. The van der Waals surface area contributed by atoms with Crippen molar-refractivity contribution in [1.82, 2.24) is 30.0 Å². The van der Waals surface area contributed by atoms with Crippen LogP contribution in [-0.2, 0) is 17.9 Å². The highest BCUT2D eigenvalue weighted by atomic mass is 16.5. The number of carbonyl (C=O) groups is 2. The van der Waals surface area contributed by atoms with E-state index in [2.05, 4.69) is 25.7 Å². The molecular formula is C23H29N7O3. The third-order valence-corrected chi connectivity index (χ3v) is 5.96. The van der Waals surface area contributed by atoms with Crippen LogP contribution in [-0.4, -0.2) is 62.7 Å². The molecule has 3 aromatic rings. The molecule has 3 aromatic heterocycles. The van der Waals surface area contributed by atoms with Gasteiger partial charge in [-0.1, -0.05) is 6.07 Å². The second kappa shape index (κ2) is 9.85. The van der Waals surface area contributed by atoms with Gasteiger partial charge in [0.1, 0.15) is 0 Å². The average molecular weight is 452 g/mol. The summed E-state index contributed by atoms with van der Waals surface area (Å²) in [7, 11) is 1.56. The zero-order chi connectivity index (χ0) is 23.4. The number of aromatic nitrogens is 4. The lowest BCUT2D eigenvalue weighted by atomic mass is 10.0. The van der Waals surface area contributed by atoms with Crippen molar-refractivity contribution in [3.05, 3.63) is 41.9 Å². The molecule has 4 rings (SSSR count). The molecule has 10 heteroatoms. The highest BCUT2D eigenvalue weighted by molar-refractivity contribution is 6.06. The Kier molecular flexibility index (Phi) is 6.71. The molecule has 0 radical (unpaired) electrons. The summed E-state index contributed by atoms with van der Waals surface area (Å²) in [6.07, 6.45) is 6.65. The van der Waals surface area contributed by atoms with Crippen LogP contribution in [0.3, 0.4) is 0 Å². The lowest BCUT2D eigenvalue weighted by Gasteiger charge is -2.32. The molecule has 2 N–H and O–H groups in total. The summed E-state index contributed by atoms with van der Waals surface area (Å²) >= 11 is 0. The molecule has 4 heterocycles. The number of ether oxygens (including phenoxy) is 1. The highest BCUT2D eigenvalue weighted by Gasteiger charge is 2.24. The van der Waals surface area contributed by atoms with Crippen LogP contribution in [0.25, 0.3) is 11.0 Å². The molecule has 174 valence electrons. The number of amides is 2. The molecule has 1 saturated heterocycles. The van der Waals surface area contributed by atoms with Crippen molar-refractivity contribution in [1.29, 1.82) is 0 Å². The van der Waals surface area contributed by atoms with Gasteiger partial charge in [0.2, 0.25) is 11.8 Å². The van der Waals surface area contributed by atoms with Crippen LogP contribution in [0.4, 0.5) is 5.69 Å². The van der Waals surface area contributed by atoms with Crippen molar-refractivity contribution in [2.24, 2.45) is 0 Å². The fourth-order valence-electron chi connectivity index (χ4n) is 4.04. The van der Waals surface area contributed by atoms with Crippen molar-refractivity contribution in [3.63, 3.8) is 0 Å². The second-order valence-corrected chi connectivity index (χ2v) is 8.06. The average Bonchev–Trinajstić information content (AvgIpc) is 3.27. The van der Waals surface area contributed by atoms with Crippen LogP contribution in [0.5, 0.6) is 5.88 Å². The number of likely N-dealkylation sites (tertiary alicyclic amines) is 1. The molecule has 2 amide bonds. The van der Waals surface area contributed by atoms with E-state index in [1.165, 1.54) is 0 Å². The molecule has 1 aliphatic heterocycles. The molecule has 1 fully saturated rings. The van der Waals surface area contributed by atoms with E-state index in [4.69, 9.17) is 4.74 Å². The summed E-state index contributed by atoms with van der Waals surface area (Å²) in [5, 5.41) is 11.8. The number of nitrogens with one attached hydrogen (secondary N) is 2. The first-order valence-electron chi connectivity index (χ1n) is 11.1. The fraction of sp³-hybridized carbons (Fsp3) is 0.435. The number of rotatable bonds is 7. The monoisotopic (exact) mass is 451 g/mol. The maximum absolute atomic E-state index is 13.1. The van der Waals surface area contributed by atoms with Crippen LogP contribution in [0, 0.1) is 0 Å². The number of nitrogens with zero attached hydrogens (tertiary/aromatic N) is 5. The number of hydrogen-bond acceptors (Lipinski definition) is 7. The number of fused-ring (bicyclic) bond motifs is 1. The molecular weight excluding hydrogens is 422 g/mol. The zero-order valence-electron chi connectivity index (χ0n) is 19.2. The maximum Gasteiger partial charge on any atom is 0.255 e. The van der Waals surface area contributed by atoms with Crippen LogP contribution in [0.1, 0.15) is 42.6 Å². The van der Waals surface area contributed by atoms with Crippen molar-refractivity contribution < 1.29 is 14.3 Å². The largest absolute Gasteiger partial charge is 0.481 e. The van der Waals surface area contributed by atoms with Gasteiger partial charge in [0.05, 0.1) is 29.9 Å². The lowest BCUT2D eigenvalue weighted by molar-refractivity contribution is -0.129. The Hall–Kier alpha value is -3.69. The normalized spacial score (nSPS) is 14.3. The number of anilines is 1. The van der Waals surface area contributed by atoms with Crippen molar-refractivity contribution in [2.75, 3.05) is 25.5 Å². The van der Waals surface area contributed by atoms with E-state index >= 15 is 0 Å². The molecule has 0 aliphatic carbocycles. The number of piperidine rings is 1. The van der Waals surface area contributed by atoms with Gasteiger partial charge in [-0.3, -0.25) is 9.59 Å². The van der Waals surface area contributed by atoms with Gasteiger partial charge in [-0.05, 0) is 25.3 Å². The van der Waals surface area contributed by atoms with Crippen molar-refractivity contribution in [2.45, 2.75) is 45.8 Å². The van der Waals surface area contributed by atoms with Crippen LogP contribution < -0.4 is 15.4 Å². The van der Waals surface area contributed by atoms with Gasteiger partial charge in [-0.2, -0.15) is 5.10 Å². The Morgan fingerprint density at radius 2 is 1.94 bits per heavy atom. The summed E-state index contributed by atoms with van der Waals surface area (Å²) in [4.78, 5) is 35.4. The Balaban J connectivity index is 1.56. The van der Waals surface area contributed by atoms with E-state index in [0.717, 1.165) is 35.1 Å². The minimum absolute atomic E-state index is 0.0945. The topological polar surface area (TPSA) is 114 Å². The molecule has 0 spiro atoms. The quantitative estimate of drug-likeness (QED) is 0.566. The van der Waals surface area contributed by atoms with E-state index in [-0.39, 0.29) is 17.9 Å². The molecule has 0 unspecified atom stereocenters. The minimum atomic E-state index is -0.229. The molecule has 0 bridgehead atoms. The van der Waals surface area contributed by atoms with Gasteiger partial charge in [0.15, 0.2) is 5.65 Å².